The zero-order valence-corrected chi connectivity index (χ0v) is 16.7. The van der Waals surface area contributed by atoms with Gasteiger partial charge in [0.1, 0.15) is 0 Å². The quantitative estimate of drug-likeness (QED) is 0.819. The minimum absolute atomic E-state index is 0.0305. The number of hydrogen-bond donors (Lipinski definition) is 2. The Morgan fingerprint density at radius 3 is 2.39 bits per heavy atom. The van der Waals surface area contributed by atoms with Crippen molar-refractivity contribution in [1.82, 2.24) is 5.32 Å². The summed E-state index contributed by atoms with van der Waals surface area (Å²) in [7, 11) is 0. The van der Waals surface area contributed by atoms with Crippen LogP contribution in [0.25, 0.3) is 0 Å². The van der Waals surface area contributed by atoms with Crippen molar-refractivity contribution >= 4 is 17.5 Å². The molecule has 5 heteroatoms. The lowest BCUT2D eigenvalue weighted by Crippen LogP contribution is -2.32. The molecule has 0 aromatic heterocycles. The highest BCUT2D eigenvalue weighted by molar-refractivity contribution is 6.09. The van der Waals surface area contributed by atoms with Crippen LogP contribution in [0.15, 0.2) is 48.5 Å². The fraction of sp³-hybridized carbons (Fsp3) is 0.391. The van der Waals surface area contributed by atoms with Gasteiger partial charge in [-0.3, -0.25) is 9.59 Å². The van der Waals surface area contributed by atoms with E-state index in [4.69, 9.17) is 4.74 Å². The molecular weight excluding hydrogens is 352 g/mol. The monoisotopic (exact) mass is 380 g/mol. The lowest BCUT2D eigenvalue weighted by Gasteiger charge is -2.19. The highest BCUT2D eigenvalue weighted by Gasteiger charge is 2.19. The van der Waals surface area contributed by atoms with Crippen LogP contribution in [0.1, 0.15) is 59.9 Å². The number of rotatable bonds is 5. The molecule has 1 fully saturated rings. The zero-order valence-electron chi connectivity index (χ0n) is 16.7. The van der Waals surface area contributed by atoms with Crippen molar-refractivity contribution in [3.05, 3.63) is 65.2 Å². The van der Waals surface area contributed by atoms with Crippen LogP contribution >= 0.6 is 0 Å². The van der Waals surface area contributed by atoms with Gasteiger partial charge in [0, 0.05) is 18.7 Å². The molecule has 5 nitrogen and oxygen atoms in total. The summed E-state index contributed by atoms with van der Waals surface area (Å²) < 4.78 is 5.54. The van der Waals surface area contributed by atoms with Crippen LogP contribution in [-0.4, -0.2) is 31.1 Å². The first kappa shape index (κ1) is 20.1. The third-order valence-electron chi connectivity index (χ3n) is 4.95. The summed E-state index contributed by atoms with van der Waals surface area (Å²) in [6, 6.07) is 14.6. The first-order valence-corrected chi connectivity index (χ1v) is 9.75. The summed E-state index contributed by atoms with van der Waals surface area (Å²) in [5.74, 6) is -0.450. The highest BCUT2D eigenvalue weighted by Crippen LogP contribution is 2.23. The van der Waals surface area contributed by atoms with E-state index in [0.717, 1.165) is 25.0 Å². The number of amides is 2. The first-order chi connectivity index (χ1) is 13.3. The number of carbonyl (C=O) groups is 2. The third-order valence-corrected chi connectivity index (χ3v) is 4.95. The molecule has 2 aromatic carbocycles. The fourth-order valence-electron chi connectivity index (χ4n) is 3.21. The van der Waals surface area contributed by atoms with Crippen LogP contribution in [0.2, 0.25) is 0 Å². The molecule has 0 spiro atoms. The van der Waals surface area contributed by atoms with Gasteiger partial charge in [0.2, 0.25) is 0 Å². The predicted octanol–water partition coefficient (Wildman–Crippen LogP) is 4.15. The van der Waals surface area contributed by atoms with Crippen LogP contribution < -0.4 is 10.6 Å². The maximum absolute atomic E-state index is 12.7. The molecule has 148 valence electrons. The Hall–Kier alpha value is -2.66. The molecule has 2 amide bonds. The number of anilines is 1. The Balaban J connectivity index is 1.68. The summed E-state index contributed by atoms with van der Waals surface area (Å²) in [5, 5.41) is 5.77. The largest absolute Gasteiger partial charge is 0.376 e. The van der Waals surface area contributed by atoms with E-state index in [1.54, 1.807) is 24.3 Å². The lowest BCUT2D eigenvalue weighted by molar-refractivity contribution is 0.0858. The van der Waals surface area contributed by atoms with Crippen molar-refractivity contribution in [2.24, 2.45) is 0 Å². The Morgan fingerprint density at radius 1 is 1.04 bits per heavy atom. The van der Waals surface area contributed by atoms with Crippen molar-refractivity contribution in [1.29, 1.82) is 0 Å². The van der Waals surface area contributed by atoms with Crippen molar-refractivity contribution in [2.45, 2.75) is 45.1 Å². The van der Waals surface area contributed by atoms with Gasteiger partial charge < -0.3 is 15.4 Å². The van der Waals surface area contributed by atoms with Crippen molar-refractivity contribution < 1.29 is 14.3 Å². The average Bonchev–Trinajstić information content (AvgIpc) is 3.19. The molecule has 1 aliphatic heterocycles. The van der Waals surface area contributed by atoms with Gasteiger partial charge in [-0.1, -0.05) is 45.0 Å². The van der Waals surface area contributed by atoms with Gasteiger partial charge in [0.15, 0.2) is 0 Å². The van der Waals surface area contributed by atoms with Crippen molar-refractivity contribution in [2.75, 3.05) is 18.5 Å². The van der Waals surface area contributed by atoms with Crippen LogP contribution in [0.3, 0.4) is 0 Å². The zero-order chi connectivity index (χ0) is 20.1. The number of para-hydroxylation sites is 1. The molecule has 0 aliphatic carbocycles. The van der Waals surface area contributed by atoms with Gasteiger partial charge in [-0.15, -0.1) is 0 Å². The first-order valence-electron chi connectivity index (χ1n) is 9.75. The second kappa shape index (κ2) is 8.57. The van der Waals surface area contributed by atoms with E-state index in [2.05, 4.69) is 31.4 Å². The Morgan fingerprint density at radius 2 is 1.75 bits per heavy atom. The lowest BCUT2D eigenvalue weighted by atomic mass is 9.86. The molecular formula is C23H28N2O3. The van der Waals surface area contributed by atoms with Crippen LogP contribution in [0.4, 0.5) is 5.69 Å². The maximum atomic E-state index is 12.7. The van der Waals surface area contributed by atoms with Gasteiger partial charge in [0.25, 0.3) is 11.8 Å². The van der Waals surface area contributed by atoms with Crippen LogP contribution in [-0.2, 0) is 10.2 Å². The van der Waals surface area contributed by atoms with E-state index in [9.17, 15) is 9.59 Å². The molecule has 2 aromatic rings. The molecule has 3 rings (SSSR count). The van der Waals surface area contributed by atoms with E-state index >= 15 is 0 Å². The third kappa shape index (κ3) is 4.98. The summed E-state index contributed by atoms with van der Waals surface area (Å²) in [5.41, 5.74) is 2.70. The van der Waals surface area contributed by atoms with Gasteiger partial charge in [-0.05, 0) is 48.1 Å². The maximum Gasteiger partial charge on any atom is 0.255 e. The van der Waals surface area contributed by atoms with Gasteiger partial charge >= 0.3 is 0 Å². The minimum Gasteiger partial charge on any atom is -0.376 e. The SMILES string of the molecule is CC(C)(C)c1ccc(C(=O)Nc2ccccc2C(=O)NC[C@H]2CCCO2)cc1. The minimum atomic E-state index is -0.236. The highest BCUT2D eigenvalue weighted by atomic mass is 16.5. The Labute approximate surface area is 166 Å². The summed E-state index contributed by atoms with van der Waals surface area (Å²) in [6.45, 7) is 7.63. The van der Waals surface area contributed by atoms with Gasteiger partial charge in [-0.2, -0.15) is 0 Å². The summed E-state index contributed by atoms with van der Waals surface area (Å²) in [4.78, 5) is 25.2. The number of nitrogens with one attached hydrogen (secondary N) is 2. The van der Waals surface area contributed by atoms with Crippen LogP contribution in [0.5, 0.6) is 0 Å². The second-order valence-corrected chi connectivity index (χ2v) is 8.17. The van der Waals surface area contributed by atoms with Crippen LogP contribution in [0, 0.1) is 0 Å². The Bertz CT molecular complexity index is 832. The van der Waals surface area contributed by atoms with E-state index in [0.29, 0.717) is 23.4 Å². The fourth-order valence-corrected chi connectivity index (χ4v) is 3.21. The van der Waals surface area contributed by atoms with Gasteiger partial charge in [0.05, 0.1) is 17.4 Å². The Kier molecular flexibility index (Phi) is 6.15. The number of carbonyl (C=O) groups excluding carboxylic acids is 2. The number of benzene rings is 2. The molecule has 0 saturated carbocycles. The molecule has 28 heavy (non-hydrogen) atoms. The van der Waals surface area contributed by atoms with E-state index in [1.807, 2.05) is 24.3 Å². The molecule has 0 unspecified atom stereocenters. The van der Waals surface area contributed by atoms with Crippen molar-refractivity contribution in [3.8, 4) is 0 Å². The predicted molar refractivity (Wildman–Crippen MR) is 111 cm³/mol. The standard InChI is InChI=1S/C23H28N2O3/c1-23(2,3)17-12-10-16(11-13-17)21(26)25-20-9-5-4-8-19(20)22(27)24-15-18-7-6-14-28-18/h4-5,8-13,18H,6-7,14-15H2,1-3H3,(H,24,27)(H,25,26)/t18-/m1/s1. The normalized spacial score (nSPS) is 16.6. The molecule has 1 saturated heterocycles. The number of hydrogen-bond acceptors (Lipinski definition) is 3. The molecule has 0 radical (unpaired) electrons. The van der Waals surface area contributed by atoms with E-state index < -0.39 is 0 Å². The smallest absolute Gasteiger partial charge is 0.255 e. The summed E-state index contributed by atoms with van der Waals surface area (Å²) >= 11 is 0. The van der Waals surface area contributed by atoms with E-state index in [1.165, 1.54) is 0 Å². The number of ether oxygens (including phenoxy) is 1. The van der Waals surface area contributed by atoms with Gasteiger partial charge in [-0.25, -0.2) is 0 Å². The molecule has 1 aliphatic rings. The van der Waals surface area contributed by atoms with E-state index in [-0.39, 0.29) is 23.3 Å². The summed E-state index contributed by atoms with van der Waals surface area (Å²) in [6.07, 6.45) is 2.07. The van der Waals surface area contributed by atoms with Crippen molar-refractivity contribution in [3.63, 3.8) is 0 Å². The topological polar surface area (TPSA) is 67.4 Å². The average molecular weight is 380 g/mol. The molecule has 2 N–H and O–H groups in total. The molecule has 1 atom stereocenters. The second-order valence-electron chi connectivity index (χ2n) is 8.17. The molecule has 1 heterocycles. The molecule has 0 bridgehead atoms.